The molecule has 4 rings (SSSR count). The number of nitrogens with one attached hydrogen (secondary N) is 1. The van der Waals surface area contributed by atoms with Crippen molar-refractivity contribution < 1.29 is 19.0 Å². The van der Waals surface area contributed by atoms with Gasteiger partial charge >= 0.3 is 0 Å². The van der Waals surface area contributed by atoms with Gasteiger partial charge in [0.05, 0.1) is 0 Å². The molecule has 165 valence electrons. The highest BCUT2D eigenvalue weighted by molar-refractivity contribution is 5.94. The number of ether oxygens (including phenoxy) is 3. The zero-order chi connectivity index (χ0) is 22.7. The molecule has 0 aliphatic heterocycles. The Morgan fingerprint density at radius 1 is 0.667 bits per heavy atom. The maximum absolute atomic E-state index is 12.2. The lowest BCUT2D eigenvalue weighted by Gasteiger charge is -2.10. The van der Waals surface area contributed by atoms with Crippen molar-refractivity contribution >= 4 is 5.91 Å². The van der Waals surface area contributed by atoms with Crippen LogP contribution in [0.1, 0.15) is 15.9 Å². The molecule has 1 N–H and O–H groups in total. The Bertz CT molecular complexity index is 1150. The SMILES string of the molecule is O=C(NCc1[c]c(OCCOc2ccc(Oc3ccccc3)cc2)ccc1)c1ccccc1. The minimum absolute atomic E-state index is 0.121. The van der Waals surface area contributed by atoms with Crippen LogP contribution < -0.4 is 19.5 Å². The Labute approximate surface area is 193 Å². The molecular weight excluding hydrogens is 414 g/mol. The quantitative estimate of drug-likeness (QED) is 0.324. The van der Waals surface area contributed by atoms with E-state index >= 15 is 0 Å². The largest absolute Gasteiger partial charge is 0.490 e. The van der Waals surface area contributed by atoms with Crippen molar-refractivity contribution in [2.45, 2.75) is 6.54 Å². The molecule has 4 aromatic rings. The number of carbonyl (C=O) groups excluding carboxylic acids is 1. The van der Waals surface area contributed by atoms with Crippen molar-refractivity contribution in [1.29, 1.82) is 0 Å². The number of rotatable bonds is 10. The summed E-state index contributed by atoms with van der Waals surface area (Å²) in [6.45, 7) is 1.14. The number of amides is 1. The first-order valence-electron chi connectivity index (χ1n) is 10.7. The summed E-state index contributed by atoms with van der Waals surface area (Å²) in [5.41, 5.74) is 1.47. The molecule has 0 unspecified atom stereocenters. The van der Waals surface area contributed by atoms with Crippen LogP contribution in [0, 0.1) is 6.07 Å². The van der Waals surface area contributed by atoms with Gasteiger partial charge in [-0.3, -0.25) is 4.79 Å². The Morgan fingerprint density at radius 3 is 2.06 bits per heavy atom. The van der Waals surface area contributed by atoms with Gasteiger partial charge in [-0.05, 0) is 60.2 Å². The van der Waals surface area contributed by atoms with Gasteiger partial charge in [0.1, 0.15) is 36.2 Å². The predicted molar refractivity (Wildman–Crippen MR) is 127 cm³/mol. The highest BCUT2D eigenvalue weighted by Crippen LogP contribution is 2.23. The van der Waals surface area contributed by atoms with E-state index in [1.807, 2.05) is 91.0 Å². The van der Waals surface area contributed by atoms with E-state index in [1.165, 1.54) is 0 Å². The fraction of sp³-hybridized carbons (Fsp3) is 0.107. The van der Waals surface area contributed by atoms with Crippen molar-refractivity contribution in [2.75, 3.05) is 13.2 Å². The molecule has 0 heterocycles. The topological polar surface area (TPSA) is 56.8 Å². The summed E-state index contributed by atoms with van der Waals surface area (Å²) in [6, 6.07) is 35.0. The van der Waals surface area contributed by atoms with E-state index in [2.05, 4.69) is 11.4 Å². The summed E-state index contributed by atoms with van der Waals surface area (Å²) >= 11 is 0. The van der Waals surface area contributed by atoms with Gasteiger partial charge in [0.2, 0.25) is 0 Å². The molecule has 5 heteroatoms. The number of benzene rings is 4. The Kier molecular flexibility index (Phi) is 7.58. The van der Waals surface area contributed by atoms with Gasteiger partial charge in [0, 0.05) is 18.2 Å². The summed E-state index contributed by atoms with van der Waals surface area (Å²) in [5, 5.41) is 2.89. The average Bonchev–Trinajstić information content (AvgIpc) is 2.87. The van der Waals surface area contributed by atoms with Crippen LogP contribution in [0.3, 0.4) is 0 Å². The minimum Gasteiger partial charge on any atom is -0.490 e. The second-order valence-electron chi connectivity index (χ2n) is 7.17. The van der Waals surface area contributed by atoms with E-state index in [1.54, 1.807) is 12.1 Å². The maximum Gasteiger partial charge on any atom is 0.251 e. The first kappa shape index (κ1) is 22.0. The minimum atomic E-state index is -0.121. The number of carbonyl (C=O) groups is 1. The van der Waals surface area contributed by atoms with Gasteiger partial charge in [-0.15, -0.1) is 0 Å². The molecule has 0 atom stereocenters. The van der Waals surface area contributed by atoms with Gasteiger partial charge in [0.15, 0.2) is 0 Å². The number of para-hydroxylation sites is 1. The van der Waals surface area contributed by atoms with Crippen LogP contribution in [0.2, 0.25) is 0 Å². The third-order valence-electron chi connectivity index (χ3n) is 4.72. The molecule has 0 spiro atoms. The van der Waals surface area contributed by atoms with E-state index in [0.717, 1.165) is 22.8 Å². The molecule has 1 radical (unpaired) electrons. The molecule has 0 aliphatic carbocycles. The first-order valence-corrected chi connectivity index (χ1v) is 10.7. The van der Waals surface area contributed by atoms with Gasteiger partial charge in [-0.2, -0.15) is 0 Å². The zero-order valence-electron chi connectivity index (χ0n) is 18.1. The molecule has 0 saturated carbocycles. The van der Waals surface area contributed by atoms with E-state index in [9.17, 15) is 4.79 Å². The van der Waals surface area contributed by atoms with Crippen LogP contribution in [0.25, 0.3) is 0 Å². The van der Waals surface area contributed by atoms with Gasteiger partial charge in [0.25, 0.3) is 5.91 Å². The Hall–Kier alpha value is -4.25. The second kappa shape index (κ2) is 11.4. The van der Waals surface area contributed by atoms with Gasteiger partial charge in [-0.1, -0.05) is 48.5 Å². The molecule has 0 saturated heterocycles. The smallest absolute Gasteiger partial charge is 0.251 e. The lowest BCUT2D eigenvalue weighted by Crippen LogP contribution is -2.22. The lowest BCUT2D eigenvalue weighted by atomic mass is 10.2. The molecule has 1 amide bonds. The third-order valence-corrected chi connectivity index (χ3v) is 4.72. The van der Waals surface area contributed by atoms with Crippen molar-refractivity contribution in [3.05, 3.63) is 120 Å². The van der Waals surface area contributed by atoms with Crippen LogP contribution in [0.15, 0.2) is 103 Å². The van der Waals surface area contributed by atoms with Crippen LogP contribution in [0.5, 0.6) is 23.0 Å². The fourth-order valence-corrected chi connectivity index (χ4v) is 3.09. The van der Waals surface area contributed by atoms with Crippen molar-refractivity contribution in [1.82, 2.24) is 5.32 Å². The van der Waals surface area contributed by atoms with Crippen LogP contribution in [-0.2, 0) is 6.54 Å². The molecular formula is C28H24NO4. The summed E-state index contributed by atoms with van der Waals surface area (Å²) in [6.07, 6.45) is 0. The molecule has 5 nitrogen and oxygen atoms in total. The standard InChI is InChI=1S/C28H24NO4/c30-28(23-9-3-1-4-10-23)29-21-22-8-7-13-27(20-22)32-19-18-31-24-14-16-26(17-15-24)33-25-11-5-2-6-12-25/h1-17H,18-19,21H2,(H,29,30). The molecule has 0 fully saturated rings. The number of hydrogen-bond acceptors (Lipinski definition) is 4. The summed E-state index contributed by atoms with van der Waals surface area (Å²) < 4.78 is 17.3. The molecule has 0 aromatic heterocycles. The van der Waals surface area contributed by atoms with Gasteiger partial charge < -0.3 is 19.5 Å². The molecule has 0 aliphatic rings. The Morgan fingerprint density at radius 2 is 1.30 bits per heavy atom. The second-order valence-corrected chi connectivity index (χ2v) is 7.17. The van der Waals surface area contributed by atoms with Crippen molar-refractivity contribution in [3.8, 4) is 23.0 Å². The van der Waals surface area contributed by atoms with Crippen molar-refractivity contribution in [2.24, 2.45) is 0 Å². The maximum atomic E-state index is 12.2. The highest BCUT2D eigenvalue weighted by Gasteiger charge is 2.05. The number of hydrogen-bond donors (Lipinski definition) is 1. The van der Waals surface area contributed by atoms with E-state index < -0.39 is 0 Å². The Balaban J connectivity index is 1.19. The molecule has 0 bridgehead atoms. The predicted octanol–water partition coefficient (Wildman–Crippen LogP) is 5.67. The van der Waals surface area contributed by atoms with Crippen molar-refractivity contribution in [3.63, 3.8) is 0 Å². The van der Waals surface area contributed by atoms with Crippen LogP contribution in [-0.4, -0.2) is 19.1 Å². The molecule has 33 heavy (non-hydrogen) atoms. The average molecular weight is 439 g/mol. The fourth-order valence-electron chi connectivity index (χ4n) is 3.09. The first-order chi connectivity index (χ1) is 16.3. The van der Waals surface area contributed by atoms with E-state index in [-0.39, 0.29) is 5.91 Å². The van der Waals surface area contributed by atoms with Crippen LogP contribution in [0.4, 0.5) is 0 Å². The third kappa shape index (κ3) is 6.87. The van der Waals surface area contributed by atoms with Crippen LogP contribution >= 0.6 is 0 Å². The lowest BCUT2D eigenvalue weighted by molar-refractivity contribution is 0.0951. The normalized spacial score (nSPS) is 10.3. The zero-order valence-corrected chi connectivity index (χ0v) is 18.1. The van der Waals surface area contributed by atoms with E-state index in [0.29, 0.717) is 31.1 Å². The van der Waals surface area contributed by atoms with Gasteiger partial charge in [-0.25, -0.2) is 0 Å². The highest BCUT2D eigenvalue weighted by atomic mass is 16.5. The monoisotopic (exact) mass is 438 g/mol. The van der Waals surface area contributed by atoms with E-state index in [4.69, 9.17) is 14.2 Å². The summed E-state index contributed by atoms with van der Waals surface area (Å²) in [4.78, 5) is 12.2. The summed E-state index contributed by atoms with van der Waals surface area (Å²) in [5.74, 6) is 2.76. The summed E-state index contributed by atoms with van der Waals surface area (Å²) in [7, 11) is 0. The molecule has 4 aromatic carbocycles.